The van der Waals surface area contributed by atoms with E-state index in [1.54, 1.807) is 26.4 Å². The van der Waals surface area contributed by atoms with Gasteiger partial charge in [0.15, 0.2) is 0 Å². The molecule has 0 radical (unpaired) electrons. The zero-order valence-corrected chi connectivity index (χ0v) is 16.0. The molecule has 9 heteroatoms. The average molecular weight is 389 g/mol. The van der Waals surface area contributed by atoms with Gasteiger partial charge in [-0.25, -0.2) is 9.97 Å². The van der Waals surface area contributed by atoms with Crippen molar-refractivity contribution in [3.8, 4) is 0 Å². The Labute approximate surface area is 161 Å². The van der Waals surface area contributed by atoms with E-state index in [1.807, 2.05) is 23.6 Å². The fourth-order valence-corrected chi connectivity index (χ4v) is 3.49. The van der Waals surface area contributed by atoms with Gasteiger partial charge < -0.3 is 20.3 Å². The van der Waals surface area contributed by atoms with Gasteiger partial charge in [0.2, 0.25) is 5.95 Å². The van der Waals surface area contributed by atoms with Crippen LogP contribution in [0.25, 0.3) is 10.2 Å². The Kier molecular flexibility index (Phi) is 6.64. The summed E-state index contributed by atoms with van der Waals surface area (Å²) in [5, 5.41) is 28.0. The number of nitrogens with one attached hydrogen (secondary N) is 2. The normalized spacial score (nSPS) is 14.8. The molecule has 3 atom stereocenters. The summed E-state index contributed by atoms with van der Waals surface area (Å²) in [6.45, 7) is 2.31. The van der Waals surface area contributed by atoms with Crippen LogP contribution in [0, 0.1) is 0 Å². The van der Waals surface area contributed by atoms with Crippen LogP contribution < -0.4 is 10.6 Å². The number of aromatic nitrogens is 3. The summed E-state index contributed by atoms with van der Waals surface area (Å²) in [5.41, 5.74) is 2.16. The summed E-state index contributed by atoms with van der Waals surface area (Å²) in [4.78, 5) is 13.2. The minimum absolute atomic E-state index is 0.185. The highest BCUT2D eigenvalue weighted by molar-refractivity contribution is 7.17. The topological polar surface area (TPSA) is 112 Å². The Balaban J connectivity index is 1.89. The third-order valence-corrected chi connectivity index (χ3v) is 4.84. The van der Waals surface area contributed by atoms with Crippen molar-refractivity contribution in [3.63, 3.8) is 0 Å². The number of fused-ring (bicyclic) bond motifs is 1. The van der Waals surface area contributed by atoms with Gasteiger partial charge in [-0.05, 0) is 30.0 Å². The average Bonchev–Trinajstić information content (AvgIpc) is 3.14. The number of rotatable bonds is 9. The number of anilines is 1. The van der Waals surface area contributed by atoms with Gasteiger partial charge in [-0.15, -0.1) is 11.3 Å². The maximum atomic E-state index is 10.5. The third kappa shape index (κ3) is 4.96. The first-order chi connectivity index (χ1) is 13.1. The van der Waals surface area contributed by atoms with Crippen molar-refractivity contribution >= 4 is 27.5 Å². The van der Waals surface area contributed by atoms with E-state index < -0.39 is 12.3 Å². The van der Waals surface area contributed by atoms with Crippen LogP contribution in [0.2, 0.25) is 0 Å². The van der Waals surface area contributed by atoms with E-state index in [9.17, 15) is 10.2 Å². The molecule has 0 amide bonds. The van der Waals surface area contributed by atoms with Gasteiger partial charge >= 0.3 is 0 Å². The molecule has 0 bridgehead atoms. The number of pyridine rings is 1. The van der Waals surface area contributed by atoms with E-state index in [4.69, 9.17) is 4.74 Å². The number of nitrogens with zero attached hydrogens (tertiary/aromatic N) is 3. The van der Waals surface area contributed by atoms with Crippen LogP contribution in [0.1, 0.15) is 30.5 Å². The quantitative estimate of drug-likeness (QED) is 0.410. The molecule has 0 aliphatic rings. The molecule has 3 aromatic rings. The molecule has 27 heavy (non-hydrogen) atoms. The van der Waals surface area contributed by atoms with Crippen molar-refractivity contribution in [1.29, 1.82) is 0 Å². The van der Waals surface area contributed by atoms with Crippen LogP contribution in [0.3, 0.4) is 0 Å². The first-order valence-electron chi connectivity index (χ1n) is 8.58. The SMILES string of the molecule is COCC(Nc1nc(C(O)NCC(C)O)c2sccc2n1)c1cccnc1. The lowest BCUT2D eigenvalue weighted by molar-refractivity contribution is 0.107. The lowest BCUT2D eigenvalue weighted by atomic mass is 10.1. The number of hydrogen-bond acceptors (Lipinski definition) is 9. The highest BCUT2D eigenvalue weighted by Gasteiger charge is 2.19. The van der Waals surface area contributed by atoms with Crippen molar-refractivity contribution < 1.29 is 14.9 Å². The molecule has 3 aromatic heterocycles. The first kappa shape index (κ1) is 19.6. The molecular weight excluding hydrogens is 366 g/mol. The molecule has 0 saturated carbocycles. The van der Waals surface area contributed by atoms with Gasteiger partial charge in [-0.2, -0.15) is 0 Å². The minimum atomic E-state index is -1.01. The van der Waals surface area contributed by atoms with E-state index in [-0.39, 0.29) is 12.6 Å². The maximum absolute atomic E-state index is 10.5. The van der Waals surface area contributed by atoms with Crippen molar-refractivity contribution in [1.82, 2.24) is 20.3 Å². The molecule has 3 unspecified atom stereocenters. The van der Waals surface area contributed by atoms with Gasteiger partial charge in [-0.1, -0.05) is 6.07 Å². The molecule has 0 aromatic carbocycles. The summed E-state index contributed by atoms with van der Waals surface area (Å²) in [6, 6.07) is 5.51. The van der Waals surface area contributed by atoms with Crippen LogP contribution in [-0.4, -0.2) is 51.5 Å². The van der Waals surface area contributed by atoms with Gasteiger partial charge in [0.05, 0.1) is 29.0 Å². The highest BCUT2D eigenvalue weighted by Crippen LogP contribution is 2.28. The van der Waals surface area contributed by atoms with Crippen molar-refractivity contribution in [3.05, 3.63) is 47.2 Å². The zero-order chi connectivity index (χ0) is 19.2. The monoisotopic (exact) mass is 389 g/mol. The van der Waals surface area contributed by atoms with Crippen molar-refractivity contribution in [2.24, 2.45) is 0 Å². The Morgan fingerprint density at radius 2 is 2.11 bits per heavy atom. The van der Waals surface area contributed by atoms with Gasteiger partial charge in [-0.3, -0.25) is 10.3 Å². The second-order valence-corrected chi connectivity index (χ2v) is 7.08. The largest absolute Gasteiger partial charge is 0.392 e. The second-order valence-electron chi connectivity index (χ2n) is 6.17. The lowest BCUT2D eigenvalue weighted by Gasteiger charge is -2.20. The number of ether oxygens (including phenoxy) is 1. The molecule has 144 valence electrons. The first-order valence-corrected chi connectivity index (χ1v) is 9.46. The molecule has 0 aliphatic carbocycles. The summed E-state index contributed by atoms with van der Waals surface area (Å²) >= 11 is 1.46. The van der Waals surface area contributed by atoms with Crippen LogP contribution in [-0.2, 0) is 4.74 Å². The molecular formula is C18H23N5O3S. The van der Waals surface area contributed by atoms with Crippen LogP contribution in [0.15, 0.2) is 36.0 Å². The molecule has 3 heterocycles. The summed E-state index contributed by atoms with van der Waals surface area (Å²) < 4.78 is 6.11. The fourth-order valence-electron chi connectivity index (χ4n) is 2.64. The van der Waals surface area contributed by atoms with Crippen molar-refractivity contribution in [2.45, 2.75) is 25.3 Å². The summed E-state index contributed by atoms with van der Waals surface area (Å²) in [5.74, 6) is 0.389. The van der Waals surface area contributed by atoms with Gasteiger partial charge in [0, 0.05) is 26.0 Å². The predicted molar refractivity (Wildman–Crippen MR) is 105 cm³/mol. The molecule has 0 aliphatic heterocycles. The van der Waals surface area contributed by atoms with E-state index in [0.717, 1.165) is 15.8 Å². The highest BCUT2D eigenvalue weighted by atomic mass is 32.1. The Morgan fingerprint density at radius 1 is 1.26 bits per heavy atom. The van der Waals surface area contributed by atoms with Crippen molar-refractivity contribution in [2.75, 3.05) is 25.6 Å². The standard InChI is InChI=1S/C18H23N5O3S/c1-11(24)8-20-17(25)15-16-13(5-7-27-16)21-18(23-15)22-14(10-26-2)12-4-3-6-19-9-12/h3-7,9,11,14,17,20,24-25H,8,10H2,1-2H3,(H,21,22,23). The van der Waals surface area contributed by atoms with E-state index >= 15 is 0 Å². The Bertz CT molecular complexity index is 859. The number of hydrogen-bond donors (Lipinski definition) is 4. The van der Waals surface area contributed by atoms with E-state index in [2.05, 4.69) is 25.6 Å². The van der Waals surface area contributed by atoms with Crippen LogP contribution in [0.5, 0.6) is 0 Å². The Hall–Kier alpha value is -2.17. The maximum Gasteiger partial charge on any atom is 0.224 e. The Morgan fingerprint density at radius 3 is 2.81 bits per heavy atom. The minimum Gasteiger partial charge on any atom is -0.392 e. The summed E-state index contributed by atoms with van der Waals surface area (Å²) in [6.07, 6.45) is 1.89. The number of aliphatic hydroxyl groups excluding tert-OH is 2. The number of aliphatic hydroxyl groups is 2. The number of thiophene rings is 1. The fraction of sp³-hybridized carbons (Fsp3) is 0.389. The predicted octanol–water partition coefficient (Wildman–Crippen LogP) is 1.85. The lowest BCUT2D eigenvalue weighted by Crippen LogP contribution is -2.29. The van der Waals surface area contributed by atoms with Crippen LogP contribution in [0.4, 0.5) is 5.95 Å². The summed E-state index contributed by atoms with van der Waals surface area (Å²) in [7, 11) is 1.63. The molecule has 4 N–H and O–H groups in total. The molecule has 8 nitrogen and oxygen atoms in total. The van der Waals surface area contributed by atoms with Gasteiger partial charge in [0.1, 0.15) is 11.9 Å². The van der Waals surface area contributed by atoms with Gasteiger partial charge in [0.25, 0.3) is 0 Å². The molecule has 3 rings (SSSR count). The van der Waals surface area contributed by atoms with Crippen LogP contribution >= 0.6 is 11.3 Å². The van der Waals surface area contributed by atoms with E-state index in [1.165, 1.54) is 11.3 Å². The molecule has 0 fully saturated rings. The smallest absolute Gasteiger partial charge is 0.224 e. The zero-order valence-electron chi connectivity index (χ0n) is 15.2. The molecule has 0 saturated heterocycles. The molecule has 0 spiro atoms. The van der Waals surface area contributed by atoms with E-state index in [0.29, 0.717) is 18.2 Å². The number of methoxy groups -OCH3 is 1. The second kappa shape index (κ2) is 9.16. The third-order valence-electron chi connectivity index (χ3n) is 3.92.